The highest BCUT2D eigenvalue weighted by molar-refractivity contribution is 4.81. The Morgan fingerprint density at radius 3 is 3.00 bits per heavy atom. The molecule has 16 heavy (non-hydrogen) atoms. The molecule has 0 bridgehead atoms. The van der Waals surface area contributed by atoms with E-state index in [4.69, 9.17) is 0 Å². The Bertz CT molecular complexity index is 322. The minimum Gasteiger partial charge on any atom is -0.307 e. The molecule has 5 nitrogen and oxygen atoms in total. The molecule has 2 unspecified atom stereocenters. The summed E-state index contributed by atoms with van der Waals surface area (Å²) >= 11 is 0. The van der Waals surface area contributed by atoms with Gasteiger partial charge in [0.1, 0.15) is 0 Å². The minimum absolute atomic E-state index is 0.641. The Kier molecular flexibility index (Phi) is 3.88. The van der Waals surface area contributed by atoms with Crippen molar-refractivity contribution in [2.45, 2.75) is 51.6 Å². The maximum atomic E-state index is 4.17. The Labute approximate surface area is 96.6 Å². The summed E-state index contributed by atoms with van der Waals surface area (Å²) in [7, 11) is 1.80. The molecule has 0 radical (unpaired) electrons. The van der Waals surface area contributed by atoms with Crippen molar-refractivity contribution in [3.63, 3.8) is 0 Å². The lowest BCUT2D eigenvalue weighted by atomic mass is 9.84. The number of nitrogens with one attached hydrogen (secondary N) is 1. The zero-order valence-corrected chi connectivity index (χ0v) is 10.2. The average Bonchev–Trinajstić information content (AvgIpc) is 2.73. The Balaban J connectivity index is 1.77. The highest BCUT2D eigenvalue weighted by Crippen LogP contribution is 2.26. The van der Waals surface area contributed by atoms with E-state index in [1.54, 1.807) is 7.05 Å². The Morgan fingerprint density at radius 2 is 2.31 bits per heavy atom. The quantitative estimate of drug-likeness (QED) is 0.835. The average molecular weight is 223 g/mol. The molecular weight excluding hydrogens is 202 g/mol. The summed E-state index contributed by atoms with van der Waals surface area (Å²) in [4.78, 5) is 1.51. The van der Waals surface area contributed by atoms with Crippen LogP contribution in [-0.4, -0.2) is 26.2 Å². The van der Waals surface area contributed by atoms with Crippen LogP contribution in [0, 0.1) is 5.92 Å². The van der Waals surface area contributed by atoms with Gasteiger partial charge in [-0.1, -0.05) is 26.2 Å². The lowest BCUT2D eigenvalue weighted by Gasteiger charge is -2.28. The molecule has 1 aromatic heterocycles. The van der Waals surface area contributed by atoms with Crippen LogP contribution in [0.25, 0.3) is 0 Å². The molecule has 1 heterocycles. The van der Waals surface area contributed by atoms with Gasteiger partial charge in [-0.2, -0.15) is 4.80 Å². The number of aryl methyl sites for hydroxylation is 1. The number of aromatic nitrogens is 4. The smallest absolute Gasteiger partial charge is 0.188 e. The van der Waals surface area contributed by atoms with E-state index in [2.05, 4.69) is 27.7 Å². The highest BCUT2D eigenvalue weighted by atomic mass is 15.6. The predicted octanol–water partition coefficient (Wildman–Crippen LogP) is 1.27. The first-order chi connectivity index (χ1) is 7.78. The molecule has 1 N–H and O–H groups in total. The molecule has 0 spiro atoms. The Hall–Kier alpha value is -0.970. The standard InChI is InChI=1S/C11H21N5/c1-3-9-5-4-6-10(7-9)12-8-11-13-15-16(2)14-11/h9-10,12H,3-8H2,1-2H3. The molecular formula is C11H21N5. The maximum absolute atomic E-state index is 4.17. The third-order valence-electron chi connectivity index (χ3n) is 3.46. The molecule has 1 aromatic rings. The third kappa shape index (κ3) is 3.01. The van der Waals surface area contributed by atoms with E-state index in [1.807, 2.05) is 0 Å². The van der Waals surface area contributed by atoms with Crippen LogP contribution in [-0.2, 0) is 13.6 Å². The van der Waals surface area contributed by atoms with Gasteiger partial charge in [-0.3, -0.25) is 0 Å². The molecule has 1 saturated carbocycles. The molecule has 5 heteroatoms. The van der Waals surface area contributed by atoms with Crippen LogP contribution < -0.4 is 5.32 Å². The number of rotatable bonds is 4. The zero-order valence-electron chi connectivity index (χ0n) is 10.2. The third-order valence-corrected chi connectivity index (χ3v) is 3.46. The molecule has 1 aliphatic carbocycles. The zero-order chi connectivity index (χ0) is 11.4. The summed E-state index contributed by atoms with van der Waals surface area (Å²) in [5.74, 6) is 1.70. The van der Waals surface area contributed by atoms with Gasteiger partial charge >= 0.3 is 0 Å². The number of hydrogen-bond acceptors (Lipinski definition) is 4. The molecule has 90 valence electrons. The normalized spacial score (nSPS) is 25.9. The summed E-state index contributed by atoms with van der Waals surface area (Å²) < 4.78 is 0. The van der Waals surface area contributed by atoms with Crippen molar-refractivity contribution < 1.29 is 0 Å². The van der Waals surface area contributed by atoms with Crippen LogP contribution in [0.3, 0.4) is 0 Å². The second-order valence-corrected chi connectivity index (χ2v) is 4.71. The fourth-order valence-corrected chi connectivity index (χ4v) is 2.48. The van der Waals surface area contributed by atoms with E-state index in [1.165, 1.54) is 36.9 Å². The fourth-order valence-electron chi connectivity index (χ4n) is 2.48. The maximum Gasteiger partial charge on any atom is 0.188 e. The van der Waals surface area contributed by atoms with Crippen LogP contribution in [0.1, 0.15) is 44.9 Å². The van der Waals surface area contributed by atoms with Crippen molar-refractivity contribution in [1.29, 1.82) is 0 Å². The summed E-state index contributed by atoms with van der Waals surface area (Å²) in [6, 6.07) is 0.641. The van der Waals surface area contributed by atoms with Gasteiger partial charge in [-0.05, 0) is 24.0 Å². The van der Waals surface area contributed by atoms with Gasteiger partial charge < -0.3 is 5.32 Å². The molecule has 2 atom stereocenters. The first kappa shape index (κ1) is 11.5. The highest BCUT2D eigenvalue weighted by Gasteiger charge is 2.20. The van der Waals surface area contributed by atoms with Gasteiger partial charge in [0.2, 0.25) is 0 Å². The van der Waals surface area contributed by atoms with Crippen molar-refractivity contribution in [3.05, 3.63) is 5.82 Å². The summed E-state index contributed by atoms with van der Waals surface area (Å²) in [5, 5.41) is 15.5. The van der Waals surface area contributed by atoms with Crippen molar-refractivity contribution in [2.75, 3.05) is 0 Å². The monoisotopic (exact) mass is 223 g/mol. The van der Waals surface area contributed by atoms with Gasteiger partial charge in [0.15, 0.2) is 5.82 Å². The van der Waals surface area contributed by atoms with Crippen molar-refractivity contribution in [2.24, 2.45) is 13.0 Å². The van der Waals surface area contributed by atoms with Gasteiger partial charge in [0.25, 0.3) is 0 Å². The summed E-state index contributed by atoms with van der Waals surface area (Å²) in [5.41, 5.74) is 0. The van der Waals surface area contributed by atoms with Crippen LogP contribution in [0.15, 0.2) is 0 Å². The molecule has 1 aliphatic rings. The lowest BCUT2D eigenvalue weighted by Crippen LogP contribution is -2.33. The van der Waals surface area contributed by atoms with E-state index in [9.17, 15) is 0 Å². The van der Waals surface area contributed by atoms with E-state index in [0.29, 0.717) is 6.04 Å². The number of hydrogen-bond donors (Lipinski definition) is 1. The summed E-state index contributed by atoms with van der Waals surface area (Å²) in [6.45, 7) is 3.03. The second kappa shape index (κ2) is 5.39. The molecule has 2 rings (SSSR count). The van der Waals surface area contributed by atoms with Gasteiger partial charge in [-0.15, -0.1) is 10.2 Å². The van der Waals surface area contributed by atoms with E-state index < -0.39 is 0 Å². The predicted molar refractivity (Wildman–Crippen MR) is 61.7 cm³/mol. The SMILES string of the molecule is CCC1CCCC(NCc2nnn(C)n2)C1. The number of tetrazole rings is 1. The lowest BCUT2D eigenvalue weighted by molar-refractivity contribution is 0.277. The molecule has 0 saturated heterocycles. The van der Waals surface area contributed by atoms with Crippen LogP contribution in [0.5, 0.6) is 0 Å². The fraction of sp³-hybridized carbons (Fsp3) is 0.909. The topological polar surface area (TPSA) is 55.6 Å². The van der Waals surface area contributed by atoms with Crippen molar-refractivity contribution in [3.8, 4) is 0 Å². The molecule has 0 aromatic carbocycles. The molecule has 0 aliphatic heterocycles. The van der Waals surface area contributed by atoms with Gasteiger partial charge in [0, 0.05) is 6.04 Å². The Morgan fingerprint density at radius 1 is 1.44 bits per heavy atom. The first-order valence-corrected chi connectivity index (χ1v) is 6.24. The summed E-state index contributed by atoms with van der Waals surface area (Å²) in [6.07, 6.45) is 6.65. The number of nitrogens with zero attached hydrogens (tertiary/aromatic N) is 4. The van der Waals surface area contributed by atoms with E-state index in [0.717, 1.165) is 18.3 Å². The van der Waals surface area contributed by atoms with Gasteiger partial charge in [-0.25, -0.2) is 0 Å². The largest absolute Gasteiger partial charge is 0.307 e. The van der Waals surface area contributed by atoms with E-state index in [-0.39, 0.29) is 0 Å². The molecule has 1 fully saturated rings. The molecule has 0 amide bonds. The van der Waals surface area contributed by atoms with Crippen LogP contribution in [0.4, 0.5) is 0 Å². The van der Waals surface area contributed by atoms with Crippen LogP contribution in [0.2, 0.25) is 0 Å². The first-order valence-electron chi connectivity index (χ1n) is 6.24. The van der Waals surface area contributed by atoms with E-state index >= 15 is 0 Å². The van der Waals surface area contributed by atoms with Crippen LogP contribution >= 0.6 is 0 Å². The van der Waals surface area contributed by atoms with Crippen molar-refractivity contribution >= 4 is 0 Å². The van der Waals surface area contributed by atoms with Gasteiger partial charge in [0.05, 0.1) is 13.6 Å². The second-order valence-electron chi connectivity index (χ2n) is 4.71. The minimum atomic E-state index is 0.641. The van der Waals surface area contributed by atoms with Crippen molar-refractivity contribution in [1.82, 2.24) is 25.5 Å².